The second-order valence-electron chi connectivity index (χ2n) is 6.31. The molecule has 20 heavy (non-hydrogen) atoms. The molecule has 0 atom stereocenters. The van der Waals surface area contributed by atoms with Crippen LogP contribution in [0.25, 0.3) is 0 Å². The van der Waals surface area contributed by atoms with Crippen LogP contribution in [0.1, 0.15) is 43.5 Å². The molecule has 2 aliphatic rings. The summed E-state index contributed by atoms with van der Waals surface area (Å²) >= 11 is 0. The number of fused-ring (bicyclic) bond motifs is 1. The lowest BCUT2D eigenvalue weighted by atomic mass is 9.94. The van der Waals surface area contributed by atoms with E-state index in [-0.39, 0.29) is 5.60 Å². The predicted molar refractivity (Wildman–Crippen MR) is 77.8 cm³/mol. The minimum absolute atomic E-state index is 0.178. The first-order valence-corrected chi connectivity index (χ1v) is 7.41. The molecule has 0 spiro atoms. The Hall–Kier alpha value is -1.60. The van der Waals surface area contributed by atoms with E-state index in [9.17, 15) is 5.26 Å². The van der Waals surface area contributed by atoms with E-state index < -0.39 is 0 Å². The van der Waals surface area contributed by atoms with Crippen molar-refractivity contribution < 1.29 is 4.74 Å². The second-order valence-corrected chi connectivity index (χ2v) is 6.31. The van der Waals surface area contributed by atoms with Crippen LogP contribution in [0.4, 0.5) is 5.82 Å². The highest BCUT2D eigenvalue weighted by Gasteiger charge is 2.29. The molecule has 4 heteroatoms. The third-order valence-corrected chi connectivity index (χ3v) is 4.13. The topological polar surface area (TPSA) is 49.2 Å². The van der Waals surface area contributed by atoms with E-state index >= 15 is 0 Å². The van der Waals surface area contributed by atoms with E-state index in [1.807, 2.05) is 0 Å². The van der Waals surface area contributed by atoms with Gasteiger partial charge in [0, 0.05) is 18.8 Å². The summed E-state index contributed by atoms with van der Waals surface area (Å²) in [5, 5.41) is 9.43. The summed E-state index contributed by atoms with van der Waals surface area (Å²) in [5.74, 6) is 0.851. The zero-order valence-corrected chi connectivity index (χ0v) is 12.3. The summed E-state index contributed by atoms with van der Waals surface area (Å²) < 4.78 is 5.75. The number of rotatable bonds is 1. The average molecular weight is 271 g/mol. The molecule has 0 bridgehead atoms. The zero-order chi connectivity index (χ0) is 14.2. The van der Waals surface area contributed by atoms with E-state index in [1.165, 1.54) is 24.1 Å². The average Bonchev–Trinajstić information content (AvgIpc) is 2.44. The summed E-state index contributed by atoms with van der Waals surface area (Å²) in [4.78, 5) is 7.03. The minimum atomic E-state index is -0.178. The van der Waals surface area contributed by atoms with Crippen molar-refractivity contribution in [3.63, 3.8) is 0 Å². The van der Waals surface area contributed by atoms with Crippen LogP contribution in [0.3, 0.4) is 0 Å². The number of pyridine rings is 1. The molecule has 1 aliphatic heterocycles. The zero-order valence-electron chi connectivity index (χ0n) is 12.3. The summed E-state index contributed by atoms with van der Waals surface area (Å²) in [7, 11) is 0. The van der Waals surface area contributed by atoms with Gasteiger partial charge in [-0.05, 0) is 51.2 Å². The van der Waals surface area contributed by atoms with E-state index in [0.717, 1.165) is 31.7 Å². The van der Waals surface area contributed by atoms with Crippen LogP contribution in [0.2, 0.25) is 0 Å². The monoisotopic (exact) mass is 271 g/mol. The number of morpholine rings is 1. The molecule has 1 saturated heterocycles. The van der Waals surface area contributed by atoms with Gasteiger partial charge in [0.05, 0.1) is 17.8 Å². The molecule has 106 valence electrons. The Bertz CT molecular complexity index is 560. The molecule has 0 aromatic carbocycles. The molecule has 3 rings (SSSR count). The van der Waals surface area contributed by atoms with Crippen LogP contribution < -0.4 is 4.90 Å². The van der Waals surface area contributed by atoms with Crippen molar-refractivity contribution in [3.8, 4) is 6.07 Å². The maximum absolute atomic E-state index is 9.43. The summed E-state index contributed by atoms with van der Waals surface area (Å²) in [6.45, 7) is 6.46. The van der Waals surface area contributed by atoms with Gasteiger partial charge in [0.15, 0.2) is 0 Å². The van der Waals surface area contributed by atoms with Gasteiger partial charge in [-0.1, -0.05) is 0 Å². The van der Waals surface area contributed by atoms with Gasteiger partial charge in [0.2, 0.25) is 0 Å². The van der Waals surface area contributed by atoms with Crippen LogP contribution in [0.15, 0.2) is 6.07 Å². The number of nitrogens with zero attached hydrogens (tertiary/aromatic N) is 3. The normalized spacial score (nSPS) is 21.1. The first kappa shape index (κ1) is 13.4. The van der Waals surface area contributed by atoms with Gasteiger partial charge in [0.1, 0.15) is 11.9 Å². The molecule has 1 aliphatic carbocycles. The van der Waals surface area contributed by atoms with Crippen LogP contribution in [-0.2, 0) is 17.6 Å². The molecule has 0 N–H and O–H groups in total. The summed E-state index contributed by atoms with van der Waals surface area (Å²) in [6, 6.07) is 4.38. The molecule has 1 aromatic rings. The van der Waals surface area contributed by atoms with E-state index in [4.69, 9.17) is 9.72 Å². The van der Waals surface area contributed by atoms with Crippen molar-refractivity contribution in [2.75, 3.05) is 24.6 Å². The third-order valence-electron chi connectivity index (χ3n) is 4.13. The van der Waals surface area contributed by atoms with E-state index in [2.05, 4.69) is 30.9 Å². The summed E-state index contributed by atoms with van der Waals surface area (Å²) in [6.07, 6.45) is 4.52. The molecular formula is C16H21N3O. The largest absolute Gasteiger partial charge is 0.372 e. The smallest absolute Gasteiger partial charge is 0.147 e. The van der Waals surface area contributed by atoms with Crippen LogP contribution in [0, 0.1) is 11.3 Å². The Kier molecular flexibility index (Phi) is 3.39. The number of aryl methyl sites for hydroxylation is 2. The number of hydrogen-bond acceptors (Lipinski definition) is 4. The van der Waals surface area contributed by atoms with Gasteiger partial charge < -0.3 is 9.64 Å². The van der Waals surface area contributed by atoms with Gasteiger partial charge in [-0.2, -0.15) is 5.26 Å². The highest BCUT2D eigenvalue weighted by Crippen LogP contribution is 2.29. The van der Waals surface area contributed by atoms with Gasteiger partial charge in [-0.15, -0.1) is 0 Å². The highest BCUT2D eigenvalue weighted by molar-refractivity contribution is 5.57. The van der Waals surface area contributed by atoms with E-state index in [0.29, 0.717) is 12.2 Å². The molecule has 1 fully saturated rings. The van der Waals surface area contributed by atoms with E-state index in [1.54, 1.807) is 0 Å². The fraction of sp³-hybridized carbons (Fsp3) is 0.625. The fourth-order valence-corrected chi connectivity index (χ4v) is 3.14. The van der Waals surface area contributed by atoms with Crippen molar-refractivity contribution in [3.05, 3.63) is 22.9 Å². The van der Waals surface area contributed by atoms with Crippen LogP contribution in [0.5, 0.6) is 0 Å². The van der Waals surface area contributed by atoms with Gasteiger partial charge >= 0.3 is 0 Å². The highest BCUT2D eigenvalue weighted by atomic mass is 16.5. The van der Waals surface area contributed by atoms with Crippen LogP contribution in [-0.4, -0.2) is 30.3 Å². The fourth-order valence-electron chi connectivity index (χ4n) is 3.14. The predicted octanol–water partition coefficient (Wildman–Crippen LogP) is 2.45. The maximum atomic E-state index is 9.43. The third kappa shape index (κ3) is 2.51. The molecule has 0 radical (unpaired) electrons. The first-order chi connectivity index (χ1) is 9.59. The molecule has 0 unspecified atom stereocenters. The van der Waals surface area contributed by atoms with Crippen molar-refractivity contribution in [1.29, 1.82) is 5.26 Å². The lowest BCUT2D eigenvalue weighted by Crippen LogP contribution is -2.49. The molecule has 0 saturated carbocycles. The molecule has 2 heterocycles. The number of hydrogen-bond donors (Lipinski definition) is 0. The molecule has 0 amide bonds. The lowest BCUT2D eigenvalue weighted by Gasteiger charge is -2.39. The Labute approximate surface area is 120 Å². The Morgan fingerprint density at radius 2 is 2.15 bits per heavy atom. The van der Waals surface area contributed by atoms with Crippen molar-refractivity contribution >= 4 is 5.82 Å². The minimum Gasteiger partial charge on any atom is -0.372 e. The quantitative estimate of drug-likeness (QED) is 0.787. The first-order valence-electron chi connectivity index (χ1n) is 7.41. The molecule has 4 nitrogen and oxygen atoms in total. The van der Waals surface area contributed by atoms with Crippen molar-refractivity contribution in [1.82, 2.24) is 4.98 Å². The van der Waals surface area contributed by atoms with Gasteiger partial charge in [-0.25, -0.2) is 4.98 Å². The summed E-state index contributed by atoms with van der Waals surface area (Å²) in [5.41, 5.74) is 2.99. The lowest BCUT2D eigenvalue weighted by molar-refractivity contribution is -0.0279. The molecule has 1 aromatic heterocycles. The van der Waals surface area contributed by atoms with Crippen molar-refractivity contribution in [2.45, 2.75) is 45.1 Å². The molecular weight excluding hydrogens is 250 g/mol. The second kappa shape index (κ2) is 5.06. The van der Waals surface area contributed by atoms with Crippen molar-refractivity contribution in [2.24, 2.45) is 0 Å². The van der Waals surface area contributed by atoms with Gasteiger partial charge in [0.25, 0.3) is 0 Å². The number of aromatic nitrogens is 1. The van der Waals surface area contributed by atoms with Gasteiger partial charge in [-0.3, -0.25) is 0 Å². The number of nitriles is 1. The van der Waals surface area contributed by atoms with Crippen LogP contribution >= 0.6 is 0 Å². The Morgan fingerprint density at radius 3 is 2.90 bits per heavy atom. The Balaban J connectivity index is 1.98. The Morgan fingerprint density at radius 1 is 1.35 bits per heavy atom. The number of ether oxygens (including phenoxy) is 1. The number of anilines is 1. The SMILES string of the molecule is CC1(C)CN(c2nc3c(cc2C#N)CCCC3)CCO1. The standard InChI is InChI=1S/C16H21N3O/c1-16(2)11-19(7-8-20-16)15-13(10-17)9-12-5-3-4-6-14(12)18-15/h9H,3-8,11H2,1-2H3. The maximum Gasteiger partial charge on any atom is 0.147 e.